The first kappa shape index (κ1) is 18.8. The van der Waals surface area contributed by atoms with Crippen molar-refractivity contribution < 1.29 is 0 Å². The van der Waals surface area contributed by atoms with Crippen LogP contribution in [0.3, 0.4) is 0 Å². The lowest BCUT2D eigenvalue weighted by Gasteiger charge is -2.07. The Kier molecular flexibility index (Phi) is 5.97. The van der Waals surface area contributed by atoms with Gasteiger partial charge in [0.1, 0.15) is 0 Å². The normalized spacial score (nSPS) is 16.2. The molecule has 1 aliphatic rings. The summed E-state index contributed by atoms with van der Waals surface area (Å²) < 4.78 is 0. The van der Waals surface area contributed by atoms with Crippen LogP contribution in [0, 0.1) is 0 Å². The predicted molar refractivity (Wildman–Crippen MR) is 119 cm³/mol. The number of amidine groups is 1. The summed E-state index contributed by atoms with van der Waals surface area (Å²) in [6.45, 7) is 6.26. The monoisotopic (exact) mass is 354 g/mol. The van der Waals surface area contributed by atoms with E-state index in [0.29, 0.717) is 0 Å². The fourth-order valence-corrected chi connectivity index (χ4v) is 3.23. The number of allylic oxidation sites excluding steroid dienone is 8. The van der Waals surface area contributed by atoms with Gasteiger partial charge in [-0.2, -0.15) is 0 Å². The van der Waals surface area contributed by atoms with Gasteiger partial charge >= 0.3 is 0 Å². The van der Waals surface area contributed by atoms with Gasteiger partial charge in [-0.25, -0.2) is 4.99 Å². The zero-order valence-electron chi connectivity index (χ0n) is 16.5. The average molecular weight is 354 g/mol. The van der Waals surface area contributed by atoms with E-state index in [4.69, 9.17) is 4.99 Å². The zero-order chi connectivity index (χ0) is 19.2. The number of fused-ring (bicyclic) bond motifs is 1. The Morgan fingerprint density at radius 3 is 2.56 bits per heavy atom. The van der Waals surface area contributed by atoms with Crippen LogP contribution in [0.1, 0.15) is 32.8 Å². The second-order valence-corrected chi connectivity index (χ2v) is 6.69. The summed E-state index contributed by atoms with van der Waals surface area (Å²) in [7, 11) is 1.80. The van der Waals surface area contributed by atoms with Crippen LogP contribution in [0.5, 0.6) is 0 Å². The van der Waals surface area contributed by atoms with Crippen LogP contribution >= 0.6 is 0 Å². The molecular formula is C25H26N2. The summed E-state index contributed by atoms with van der Waals surface area (Å²) in [6.07, 6.45) is 11.8. The van der Waals surface area contributed by atoms with Crippen LogP contribution in [0.4, 0.5) is 0 Å². The summed E-state index contributed by atoms with van der Waals surface area (Å²) in [5, 5.41) is 2.43. The van der Waals surface area contributed by atoms with Crippen molar-refractivity contribution in [3.05, 3.63) is 95.1 Å². The Labute approximate surface area is 162 Å². The Morgan fingerprint density at radius 1 is 1.04 bits per heavy atom. The lowest BCUT2D eigenvalue weighted by molar-refractivity contribution is 1.32. The van der Waals surface area contributed by atoms with E-state index < -0.39 is 0 Å². The maximum atomic E-state index is 4.86. The van der Waals surface area contributed by atoms with Crippen molar-refractivity contribution in [1.29, 1.82) is 0 Å². The molecule has 2 nitrogen and oxygen atoms in total. The standard InChI is InChI=1S/C25H26N2/c1-5-9-21-16-22(13-8-10-18(21)2)19(3)27-25(26-4)24-15-14-20-11-6-7-12-23(20)17-24/h5-7,9-17H,8H2,1-4H3/b9-5-,26-25-,27-19+. The summed E-state index contributed by atoms with van der Waals surface area (Å²) in [4.78, 5) is 9.31. The van der Waals surface area contributed by atoms with E-state index in [0.717, 1.165) is 29.1 Å². The highest BCUT2D eigenvalue weighted by atomic mass is 14.9. The minimum Gasteiger partial charge on any atom is -0.270 e. The summed E-state index contributed by atoms with van der Waals surface area (Å²) in [6, 6.07) is 14.7. The molecule has 0 saturated heterocycles. The third-order valence-corrected chi connectivity index (χ3v) is 4.79. The van der Waals surface area contributed by atoms with Crippen LogP contribution in [-0.4, -0.2) is 18.6 Å². The number of nitrogens with zero attached hydrogens (tertiary/aromatic N) is 2. The molecule has 0 radical (unpaired) electrons. The van der Waals surface area contributed by atoms with Gasteiger partial charge in [0.2, 0.25) is 0 Å². The lowest BCUT2D eigenvalue weighted by atomic mass is 10.0. The third kappa shape index (κ3) is 4.40. The van der Waals surface area contributed by atoms with Gasteiger partial charge in [-0.3, -0.25) is 4.99 Å². The maximum absolute atomic E-state index is 4.86. The molecule has 0 aliphatic heterocycles. The van der Waals surface area contributed by atoms with Crippen LogP contribution in [0.15, 0.2) is 99.5 Å². The molecule has 1 aliphatic carbocycles. The van der Waals surface area contributed by atoms with E-state index in [9.17, 15) is 0 Å². The molecule has 0 bridgehead atoms. The van der Waals surface area contributed by atoms with Gasteiger partial charge in [0, 0.05) is 18.3 Å². The fraction of sp³-hybridized carbons (Fsp3) is 0.200. The summed E-state index contributed by atoms with van der Waals surface area (Å²) >= 11 is 0. The molecular weight excluding hydrogens is 328 g/mol. The van der Waals surface area contributed by atoms with E-state index in [2.05, 4.69) is 91.7 Å². The Bertz CT molecular complexity index is 1030. The van der Waals surface area contributed by atoms with E-state index >= 15 is 0 Å². The molecule has 2 aromatic carbocycles. The third-order valence-electron chi connectivity index (χ3n) is 4.79. The summed E-state index contributed by atoms with van der Waals surface area (Å²) in [5.41, 5.74) is 5.70. The van der Waals surface area contributed by atoms with Crippen LogP contribution in [0.2, 0.25) is 0 Å². The van der Waals surface area contributed by atoms with Crippen molar-refractivity contribution in [2.75, 3.05) is 7.05 Å². The minimum atomic E-state index is 0.758. The van der Waals surface area contributed by atoms with E-state index in [1.807, 2.05) is 6.92 Å². The Balaban J connectivity index is 1.96. The molecule has 27 heavy (non-hydrogen) atoms. The molecule has 136 valence electrons. The predicted octanol–water partition coefficient (Wildman–Crippen LogP) is 6.46. The molecule has 0 unspecified atom stereocenters. The fourth-order valence-electron chi connectivity index (χ4n) is 3.23. The lowest BCUT2D eigenvalue weighted by Crippen LogP contribution is -2.04. The quantitative estimate of drug-likeness (QED) is 0.446. The largest absolute Gasteiger partial charge is 0.270 e. The maximum Gasteiger partial charge on any atom is 0.154 e. The average Bonchev–Trinajstić information content (AvgIpc) is 2.87. The first-order valence-corrected chi connectivity index (χ1v) is 9.35. The number of hydrogen-bond acceptors (Lipinski definition) is 1. The van der Waals surface area contributed by atoms with E-state index in [-0.39, 0.29) is 0 Å². The molecule has 3 rings (SSSR count). The highest BCUT2D eigenvalue weighted by Gasteiger charge is 2.08. The van der Waals surface area contributed by atoms with Crippen LogP contribution in [0.25, 0.3) is 10.8 Å². The molecule has 0 amide bonds. The molecule has 0 N–H and O–H groups in total. The first-order chi connectivity index (χ1) is 13.1. The highest BCUT2D eigenvalue weighted by molar-refractivity contribution is 6.13. The van der Waals surface area contributed by atoms with E-state index in [1.54, 1.807) is 7.05 Å². The number of rotatable bonds is 3. The molecule has 0 spiro atoms. The Hall–Kier alpha value is -3.00. The van der Waals surface area contributed by atoms with Crippen molar-refractivity contribution in [1.82, 2.24) is 0 Å². The van der Waals surface area contributed by atoms with Crippen molar-refractivity contribution in [2.45, 2.75) is 27.2 Å². The van der Waals surface area contributed by atoms with Crippen molar-refractivity contribution in [3.8, 4) is 0 Å². The molecule has 0 fully saturated rings. The van der Waals surface area contributed by atoms with Crippen molar-refractivity contribution >= 4 is 22.3 Å². The van der Waals surface area contributed by atoms with Gasteiger partial charge in [-0.05, 0) is 66.8 Å². The summed E-state index contributed by atoms with van der Waals surface area (Å²) in [5.74, 6) is 0.758. The number of aliphatic imine (C=N–C) groups is 2. The molecule has 2 aromatic rings. The Morgan fingerprint density at radius 2 is 1.81 bits per heavy atom. The van der Waals surface area contributed by atoms with Crippen LogP contribution < -0.4 is 0 Å². The molecule has 0 atom stereocenters. The van der Waals surface area contributed by atoms with Gasteiger partial charge in [0.25, 0.3) is 0 Å². The molecule has 0 saturated carbocycles. The smallest absolute Gasteiger partial charge is 0.154 e. The molecule has 2 heteroatoms. The SMILES string of the molecule is C/C=C\C1=CC(/C(C)=N/C(=N\C)c2ccc3ccccc3c2)=CCC=C1C. The second kappa shape index (κ2) is 8.59. The molecule has 0 aromatic heterocycles. The van der Waals surface area contributed by atoms with Gasteiger partial charge in [0.15, 0.2) is 5.84 Å². The van der Waals surface area contributed by atoms with Crippen LogP contribution in [-0.2, 0) is 0 Å². The zero-order valence-corrected chi connectivity index (χ0v) is 16.5. The van der Waals surface area contributed by atoms with Gasteiger partial charge in [-0.15, -0.1) is 0 Å². The van der Waals surface area contributed by atoms with Crippen molar-refractivity contribution in [3.63, 3.8) is 0 Å². The molecule has 0 heterocycles. The highest BCUT2D eigenvalue weighted by Crippen LogP contribution is 2.21. The number of hydrogen-bond donors (Lipinski definition) is 0. The van der Waals surface area contributed by atoms with Gasteiger partial charge in [-0.1, -0.05) is 60.7 Å². The number of benzene rings is 2. The van der Waals surface area contributed by atoms with E-state index in [1.165, 1.54) is 21.9 Å². The first-order valence-electron chi connectivity index (χ1n) is 9.35. The van der Waals surface area contributed by atoms with Gasteiger partial charge < -0.3 is 0 Å². The minimum absolute atomic E-state index is 0.758. The van der Waals surface area contributed by atoms with Crippen molar-refractivity contribution in [2.24, 2.45) is 9.98 Å². The second-order valence-electron chi connectivity index (χ2n) is 6.69. The van der Waals surface area contributed by atoms with Gasteiger partial charge in [0.05, 0.1) is 0 Å². The topological polar surface area (TPSA) is 24.7 Å².